The summed E-state index contributed by atoms with van der Waals surface area (Å²) in [5, 5.41) is 9.14. The molecule has 0 radical (unpaired) electrons. The molecule has 2 fully saturated rings. The van der Waals surface area contributed by atoms with E-state index >= 15 is 0 Å². The SMILES string of the molecule is O=C(O)[C@H]1CC12CCN(C(=O)c1ccc(Oc3ccccc3)o1)CC2. The molecule has 0 unspecified atom stereocenters. The highest BCUT2D eigenvalue weighted by molar-refractivity contribution is 5.91. The lowest BCUT2D eigenvalue weighted by atomic mass is 9.90. The van der Waals surface area contributed by atoms with E-state index in [1.807, 2.05) is 30.3 Å². The number of hydrogen-bond acceptors (Lipinski definition) is 4. The first-order chi connectivity index (χ1) is 12.1. The largest absolute Gasteiger partial charge is 0.481 e. The van der Waals surface area contributed by atoms with Crippen LogP contribution in [-0.4, -0.2) is 35.0 Å². The molecule has 1 saturated carbocycles. The summed E-state index contributed by atoms with van der Waals surface area (Å²) in [6.45, 7) is 1.14. The summed E-state index contributed by atoms with van der Waals surface area (Å²) in [7, 11) is 0. The quantitative estimate of drug-likeness (QED) is 0.922. The molecule has 1 aliphatic heterocycles. The summed E-state index contributed by atoms with van der Waals surface area (Å²) < 4.78 is 11.1. The van der Waals surface area contributed by atoms with Gasteiger partial charge in [-0.2, -0.15) is 0 Å². The maximum atomic E-state index is 12.6. The number of carbonyl (C=O) groups is 2. The number of benzene rings is 1. The van der Waals surface area contributed by atoms with Crippen LogP contribution in [0.1, 0.15) is 29.8 Å². The predicted molar refractivity (Wildman–Crippen MR) is 88.5 cm³/mol. The van der Waals surface area contributed by atoms with Gasteiger partial charge >= 0.3 is 5.97 Å². The molecular weight excluding hydrogens is 322 g/mol. The van der Waals surface area contributed by atoms with Crippen LogP contribution in [0.4, 0.5) is 0 Å². The fraction of sp³-hybridized carbons (Fsp3) is 0.368. The van der Waals surface area contributed by atoms with Crippen LogP contribution in [-0.2, 0) is 4.79 Å². The molecular formula is C19H19NO5. The van der Waals surface area contributed by atoms with Gasteiger partial charge in [-0.1, -0.05) is 18.2 Å². The van der Waals surface area contributed by atoms with E-state index in [-0.39, 0.29) is 28.9 Å². The number of amides is 1. The first-order valence-electron chi connectivity index (χ1n) is 8.42. The molecule has 1 aliphatic carbocycles. The third-order valence-corrected chi connectivity index (χ3v) is 5.29. The van der Waals surface area contributed by atoms with Crippen molar-refractivity contribution in [3.05, 3.63) is 48.2 Å². The maximum Gasteiger partial charge on any atom is 0.307 e. The fourth-order valence-corrected chi connectivity index (χ4v) is 3.66. The summed E-state index contributed by atoms with van der Waals surface area (Å²) in [6.07, 6.45) is 2.22. The van der Waals surface area contributed by atoms with E-state index in [1.54, 1.807) is 17.0 Å². The normalized spacial score (nSPS) is 21.1. The summed E-state index contributed by atoms with van der Waals surface area (Å²) >= 11 is 0. The van der Waals surface area contributed by atoms with E-state index in [0.717, 1.165) is 19.3 Å². The second-order valence-electron chi connectivity index (χ2n) is 6.78. The van der Waals surface area contributed by atoms with Crippen molar-refractivity contribution in [1.82, 2.24) is 4.90 Å². The molecule has 0 bridgehead atoms. The number of nitrogens with zero attached hydrogens (tertiary/aromatic N) is 1. The monoisotopic (exact) mass is 341 g/mol. The van der Waals surface area contributed by atoms with Crippen molar-refractivity contribution < 1.29 is 23.8 Å². The van der Waals surface area contributed by atoms with Crippen LogP contribution >= 0.6 is 0 Å². The van der Waals surface area contributed by atoms with Gasteiger partial charge in [0.1, 0.15) is 5.75 Å². The number of carboxylic acid groups (broad SMARTS) is 1. The predicted octanol–water partition coefficient (Wildman–Crippen LogP) is 3.40. The molecule has 1 saturated heterocycles. The van der Waals surface area contributed by atoms with Gasteiger partial charge in [0.2, 0.25) is 0 Å². The number of aliphatic carboxylic acids is 1. The third kappa shape index (κ3) is 2.99. The van der Waals surface area contributed by atoms with Crippen LogP contribution in [0.25, 0.3) is 0 Å². The number of piperidine rings is 1. The summed E-state index contributed by atoms with van der Waals surface area (Å²) in [5.74, 6) is 0.0332. The Labute approximate surface area is 145 Å². The van der Waals surface area contributed by atoms with Crippen LogP contribution in [0, 0.1) is 11.3 Å². The van der Waals surface area contributed by atoms with Crippen molar-refractivity contribution in [1.29, 1.82) is 0 Å². The molecule has 2 aliphatic rings. The van der Waals surface area contributed by atoms with Gasteiger partial charge in [0.15, 0.2) is 5.76 Å². The highest BCUT2D eigenvalue weighted by Crippen LogP contribution is 2.59. The van der Waals surface area contributed by atoms with E-state index in [4.69, 9.17) is 14.3 Å². The molecule has 130 valence electrons. The number of carbonyl (C=O) groups excluding carboxylic acids is 1. The number of ether oxygens (including phenoxy) is 1. The average Bonchev–Trinajstić information content (AvgIpc) is 3.12. The van der Waals surface area contributed by atoms with E-state index in [2.05, 4.69) is 0 Å². The van der Waals surface area contributed by atoms with Crippen molar-refractivity contribution in [2.45, 2.75) is 19.3 Å². The topological polar surface area (TPSA) is 80.0 Å². The Kier molecular flexibility index (Phi) is 3.75. The van der Waals surface area contributed by atoms with Gasteiger partial charge in [0.05, 0.1) is 5.92 Å². The Morgan fingerprint density at radius 2 is 1.84 bits per heavy atom. The lowest BCUT2D eigenvalue weighted by molar-refractivity contribution is -0.139. The molecule has 2 aromatic rings. The van der Waals surface area contributed by atoms with Crippen LogP contribution in [0.5, 0.6) is 11.7 Å². The number of carboxylic acids is 1. The van der Waals surface area contributed by atoms with E-state index in [0.29, 0.717) is 18.8 Å². The van der Waals surface area contributed by atoms with Crippen molar-refractivity contribution in [3.63, 3.8) is 0 Å². The molecule has 1 aromatic carbocycles. The average molecular weight is 341 g/mol. The Bertz CT molecular complexity index is 789. The zero-order valence-corrected chi connectivity index (χ0v) is 13.7. The first kappa shape index (κ1) is 15.7. The van der Waals surface area contributed by atoms with Crippen LogP contribution in [0.3, 0.4) is 0 Å². The zero-order chi connectivity index (χ0) is 17.4. The highest BCUT2D eigenvalue weighted by atomic mass is 16.6. The maximum absolute atomic E-state index is 12.6. The van der Waals surface area contributed by atoms with Gasteiger partial charge in [0.25, 0.3) is 11.9 Å². The Balaban J connectivity index is 1.37. The minimum absolute atomic E-state index is 0.0899. The smallest absolute Gasteiger partial charge is 0.307 e. The van der Waals surface area contributed by atoms with Gasteiger partial charge in [-0.15, -0.1) is 0 Å². The Morgan fingerprint density at radius 1 is 1.12 bits per heavy atom. The van der Waals surface area contributed by atoms with E-state index < -0.39 is 5.97 Å². The summed E-state index contributed by atoms with van der Waals surface area (Å²) in [5.41, 5.74) is -0.0899. The third-order valence-electron chi connectivity index (χ3n) is 5.29. The Hall–Kier alpha value is -2.76. The molecule has 1 aromatic heterocycles. The van der Waals surface area contributed by atoms with Crippen molar-refractivity contribution in [2.75, 3.05) is 13.1 Å². The number of hydrogen-bond donors (Lipinski definition) is 1. The molecule has 4 rings (SSSR count). The lowest BCUT2D eigenvalue weighted by Crippen LogP contribution is -2.39. The summed E-state index contributed by atoms with van der Waals surface area (Å²) in [4.78, 5) is 25.4. The van der Waals surface area contributed by atoms with E-state index in [1.165, 1.54) is 0 Å². The number of para-hydroxylation sites is 1. The van der Waals surface area contributed by atoms with Crippen molar-refractivity contribution >= 4 is 11.9 Å². The van der Waals surface area contributed by atoms with Gasteiger partial charge in [-0.05, 0) is 42.9 Å². The molecule has 1 atom stereocenters. The number of likely N-dealkylation sites (tertiary alicyclic amines) is 1. The molecule has 1 N–H and O–H groups in total. The number of rotatable bonds is 4. The van der Waals surface area contributed by atoms with Crippen LogP contribution in [0.15, 0.2) is 46.9 Å². The van der Waals surface area contributed by atoms with Crippen molar-refractivity contribution in [2.24, 2.45) is 11.3 Å². The fourth-order valence-electron chi connectivity index (χ4n) is 3.66. The second kappa shape index (κ2) is 5.95. The molecule has 1 spiro atoms. The van der Waals surface area contributed by atoms with Gasteiger partial charge in [-0.3, -0.25) is 9.59 Å². The molecule has 1 amide bonds. The van der Waals surface area contributed by atoms with Gasteiger partial charge in [-0.25, -0.2) is 0 Å². The van der Waals surface area contributed by atoms with Crippen molar-refractivity contribution in [3.8, 4) is 11.7 Å². The molecule has 6 nitrogen and oxygen atoms in total. The standard InChI is InChI=1S/C19H19NO5/c21-17(20-10-8-19(9-11-20)12-14(19)18(22)23)15-6-7-16(25-15)24-13-4-2-1-3-5-13/h1-7,14H,8-12H2,(H,22,23)/t14-/m1/s1. The van der Waals surface area contributed by atoms with Gasteiger partial charge in [0, 0.05) is 19.2 Å². The Morgan fingerprint density at radius 3 is 2.48 bits per heavy atom. The van der Waals surface area contributed by atoms with Gasteiger partial charge < -0.3 is 19.2 Å². The first-order valence-corrected chi connectivity index (χ1v) is 8.42. The minimum Gasteiger partial charge on any atom is -0.481 e. The van der Waals surface area contributed by atoms with Crippen LogP contribution in [0.2, 0.25) is 0 Å². The second-order valence-corrected chi connectivity index (χ2v) is 6.78. The zero-order valence-electron chi connectivity index (χ0n) is 13.7. The molecule has 6 heteroatoms. The molecule has 2 heterocycles. The summed E-state index contributed by atoms with van der Waals surface area (Å²) in [6, 6.07) is 12.5. The number of furan rings is 1. The van der Waals surface area contributed by atoms with E-state index in [9.17, 15) is 9.59 Å². The lowest BCUT2D eigenvalue weighted by Gasteiger charge is -2.32. The highest BCUT2D eigenvalue weighted by Gasteiger charge is 2.59. The molecule has 25 heavy (non-hydrogen) atoms. The van der Waals surface area contributed by atoms with Crippen LogP contribution < -0.4 is 4.74 Å². The minimum atomic E-state index is -0.714.